The second kappa shape index (κ2) is 5.69. The molecule has 2 heteroatoms. The molecule has 0 unspecified atom stereocenters. The highest BCUT2D eigenvalue weighted by atomic mass is 16.1. The molecule has 1 aliphatic carbocycles. The van der Waals surface area contributed by atoms with Crippen molar-refractivity contribution in [1.82, 2.24) is 0 Å². The molecule has 1 aromatic rings. The Kier molecular flexibility index (Phi) is 4.33. The number of rotatable bonds is 4. The topological polar surface area (TPSA) is 43.1 Å². The van der Waals surface area contributed by atoms with E-state index in [1.54, 1.807) is 0 Å². The lowest BCUT2D eigenvalue weighted by atomic mass is 9.79. The van der Waals surface area contributed by atoms with Gasteiger partial charge in [0.05, 0.1) is 0 Å². The van der Waals surface area contributed by atoms with E-state index in [1.165, 1.54) is 5.56 Å². The van der Waals surface area contributed by atoms with Gasteiger partial charge in [0.25, 0.3) is 0 Å². The zero-order valence-corrected chi connectivity index (χ0v) is 13.0. The quantitative estimate of drug-likeness (QED) is 0.910. The Hall–Kier alpha value is -1.15. The van der Waals surface area contributed by atoms with E-state index in [1.807, 2.05) is 0 Å². The maximum Gasteiger partial charge on any atom is 0.144 e. The molecule has 20 heavy (non-hydrogen) atoms. The summed E-state index contributed by atoms with van der Waals surface area (Å²) in [7, 11) is 0. The average Bonchev–Trinajstić information content (AvgIpc) is 2.88. The van der Waals surface area contributed by atoms with Crippen molar-refractivity contribution in [3.63, 3.8) is 0 Å². The standard InChI is InChI=1S/C18H27NO/c1-17(2,3)15-8-6-14(7-9-15)12-16(20)18(13-19)10-4-5-11-18/h6-9H,4-5,10-13,19H2,1-3H3. The summed E-state index contributed by atoms with van der Waals surface area (Å²) in [5, 5.41) is 0. The molecule has 2 nitrogen and oxygen atoms in total. The maximum absolute atomic E-state index is 12.6. The van der Waals surface area contributed by atoms with Gasteiger partial charge in [0.2, 0.25) is 0 Å². The largest absolute Gasteiger partial charge is 0.329 e. The molecular formula is C18H27NO. The van der Waals surface area contributed by atoms with Crippen LogP contribution in [0.5, 0.6) is 0 Å². The number of carbonyl (C=O) groups is 1. The first-order valence-electron chi connectivity index (χ1n) is 7.70. The SMILES string of the molecule is CC(C)(C)c1ccc(CC(=O)C2(CN)CCCC2)cc1. The smallest absolute Gasteiger partial charge is 0.144 e. The number of carbonyl (C=O) groups excluding carboxylic acids is 1. The molecule has 0 spiro atoms. The van der Waals surface area contributed by atoms with Crippen molar-refractivity contribution in [2.24, 2.45) is 11.1 Å². The fourth-order valence-corrected chi connectivity index (χ4v) is 3.14. The highest BCUT2D eigenvalue weighted by molar-refractivity contribution is 5.87. The summed E-state index contributed by atoms with van der Waals surface area (Å²) >= 11 is 0. The highest BCUT2D eigenvalue weighted by Crippen LogP contribution is 2.38. The fourth-order valence-electron chi connectivity index (χ4n) is 3.14. The van der Waals surface area contributed by atoms with E-state index >= 15 is 0 Å². The van der Waals surface area contributed by atoms with Gasteiger partial charge < -0.3 is 5.73 Å². The third kappa shape index (κ3) is 3.12. The van der Waals surface area contributed by atoms with E-state index < -0.39 is 0 Å². The highest BCUT2D eigenvalue weighted by Gasteiger charge is 2.39. The Morgan fingerprint density at radius 3 is 2.15 bits per heavy atom. The van der Waals surface area contributed by atoms with Gasteiger partial charge in [-0.15, -0.1) is 0 Å². The summed E-state index contributed by atoms with van der Waals surface area (Å²) in [5.41, 5.74) is 8.23. The van der Waals surface area contributed by atoms with Gasteiger partial charge in [-0.2, -0.15) is 0 Å². The lowest BCUT2D eigenvalue weighted by Gasteiger charge is -2.25. The van der Waals surface area contributed by atoms with Gasteiger partial charge >= 0.3 is 0 Å². The fraction of sp³-hybridized carbons (Fsp3) is 0.611. The summed E-state index contributed by atoms with van der Waals surface area (Å²) in [6.07, 6.45) is 4.77. The van der Waals surface area contributed by atoms with Gasteiger partial charge in [-0.3, -0.25) is 4.79 Å². The molecule has 0 atom stereocenters. The summed E-state index contributed by atoms with van der Waals surface area (Å²) in [6.45, 7) is 7.12. The van der Waals surface area contributed by atoms with E-state index in [9.17, 15) is 4.79 Å². The zero-order valence-electron chi connectivity index (χ0n) is 13.0. The number of nitrogens with two attached hydrogens (primary N) is 1. The molecular weight excluding hydrogens is 246 g/mol. The Balaban J connectivity index is 2.08. The van der Waals surface area contributed by atoms with Gasteiger partial charge in [0, 0.05) is 18.4 Å². The van der Waals surface area contributed by atoms with Crippen LogP contribution in [0.2, 0.25) is 0 Å². The lowest BCUT2D eigenvalue weighted by Crippen LogP contribution is -2.37. The average molecular weight is 273 g/mol. The van der Waals surface area contributed by atoms with Crippen LogP contribution in [0.3, 0.4) is 0 Å². The molecule has 0 aromatic heterocycles. The third-order valence-electron chi connectivity index (χ3n) is 4.73. The van der Waals surface area contributed by atoms with Crippen LogP contribution in [0, 0.1) is 5.41 Å². The van der Waals surface area contributed by atoms with Crippen LogP contribution in [-0.4, -0.2) is 12.3 Å². The molecule has 1 aromatic carbocycles. The van der Waals surface area contributed by atoms with E-state index in [2.05, 4.69) is 45.0 Å². The van der Waals surface area contributed by atoms with Crippen LogP contribution in [-0.2, 0) is 16.6 Å². The number of Topliss-reactive ketones (excluding diaryl/α,β-unsaturated/α-hetero) is 1. The van der Waals surface area contributed by atoms with E-state index in [-0.39, 0.29) is 10.8 Å². The van der Waals surface area contributed by atoms with Gasteiger partial charge in [0.1, 0.15) is 5.78 Å². The van der Waals surface area contributed by atoms with Crippen molar-refractivity contribution in [2.75, 3.05) is 6.54 Å². The molecule has 0 saturated heterocycles. The number of ketones is 1. The van der Waals surface area contributed by atoms with E-state index in [4.69, 9.17) is 5.73 Å². The molecule has 0 heterocycles. The molecule has 2 rings (SSSR count). The van der Waals surface area contributed by atoms with E-state index in [0.717, 1.165) is 31.2 Å². The Bertz CT molecular complexity index is 461. The van der Waals surface area contributed by atoms with Crippen LogP contribution >= 0.6 is 0 Å². The predicted molar refractivity (Wildman–Crippen MR) is 83.8 cm³/mol. The van der Waals surface area contributed by atoms with Crippen molar-refractivity contribution in [1.29, 1.82) is 0 Å². The van der Waals surface area contributed by atoms with Gasteiger partial charge in [-0.25, -0.2) is 0 Å². The molecule has 0 amide bonds. The molecule has 1 saturated carbocycles. The number of benzene rings is 1. The number of hydrogen-bond donors (Lipinski definition) is 1. The van der Waals surface area contributed by atoms with Crippen LogP contribution in [0.15, 0.2) is 24.3 Å². The molecule has 0 bridgehead atoms. The maximum atomic E-state index is 12.6. The van der Waals surface area contributed by atoms with Crippen molar-refractivity contribution >= 4 is 5.78 Å². The lowest BCUT2D eigenvalue weighted by molar-refractivity contribution is -0.127. The van der Waals surface area contributed by atoms with Crippen molar-refractivity contribution in [3.05, 3.63) is 35.4 Å². The minimum absolute atomic E-state index is 0.159. The minimum atomic E-state index is -0.233. The van der Waals surface area contributed by atoms with Crippen molar-refractivity contribution in [3.8, 4) is 0 Å². The van der Waals surface area contributed by atoms with Crippen molar-refractivity contribution < 1.29 is 4.79 Å². The Morgan fingerprint density at radius 2 is 1.70 bits per heavy atom. The first-order chi connectivity index (χ1) is 9.37. The molecule has 2 N–H and O–H groups in total. The molecule has 1 aliphatic rings. The normalized spacial score (nSPS) is 18.2. The molecule has 0 radical (unpaired) electrons. The number of hydrogen-bond acceptors (Lipinski definition) is 2. The van der Waals surface area contributed by atoms with Crippen LogP contribution in [0.4, 0.5) is 0 Å². The van der Waals surface area contributed by atoms with Crippen LogP contribution < -0.4 is 5.73 Å². The van der Waals surface area contributed by atoms with E-state index in [0.29, 0.717) is 18.7 Å². The second-order valence-corrected chi connectivity index (χ2v) is 7.24. The molecule has 110 valence electrons. The summed E-state index contributed by atoms with van der Waals surface area (Å²) in [5.74, 6) is 0.334. The van der Waals surface area contributed by atoms with Crippen LogP contribution in [0.25, 0.3) is 0 Å². The van der Waals surface area contributed by atoms with Crippen molar-refractivity contribution in [2.45, 2.75) is 58.3 Å². The Labute approximate surface area is 122 Å². The molecule has 0 aliphatic heterocycles. The van der Waals surface area contributed by atoms with Gasteiger partial charge in [0.15, 0.2) is 0 Å². The third-order valence-corrected chi connectivity index (χ3v) is 4.73. The summed E-state index contributed by atoms with van der Waals surface area (Å²) in [4.78, 5) is 12.6. The summed E-state index contributed by atoms with van der Waals surface area (Å²) in [6, 6.07) is 8.48. The first-order valence-corrected chi connectivity index (χ1v) is 7.70. The second-order valence-electron chi connectivity index (χ2n) is 7.24. The monoisotopic (exact) mass is 273 g/mol. The Morgan fingerprint density at radius 1 is 1.15 bits per heavy atom. The minimum Gasteiger partial charge on any atom is -0.329 e. The van der Waals surface area contributed by atoms with Crippen LogP contribution in [0.1, 0.15) is 57.6 Å². The first kappa shape index (κ1) is 15.2. The zero-order chi connectivity index (χ0) is 14.8. The molecule has 1 fully saturated rings. The summed E-state index contributed by atoms with van der Waals surface area (Å²) < 4.78 is 0. The van der Waals surface area contributed by atoms with Gasteiger partial charge in [-0.05, 0) is 29.4 Å². The van der Waals surface area contributed by atoms with Gasteiger partial charge in [-0.1, -0.05) is 57.9 Å². The predicted octanol–water partition coefficient (Wildman–Crippen LogP) is 3.61.